The zero-order chi connectivity index (χ0) is 19.7. The number of nitrogens with one attached hydrogen (secondary N) is 1. The van der Waals surface area contributed by atoms with Crippen LogP contribution in [0.2, 0.25) is 0 Å². The molecule has 146 valence electrons. The molecule has 0 saturated carbocycles. The topological polar surface area (TPSA) is 138 Å². The molecule has 1 saturated heterocycles. The van der Waals surface area contributed by atoms with Crippen LogP contribution in [0.3, 0.4) is 0 Å². The van der Waals surface area contributed by atoms with Crippen LogP contribution in [0.5, 0.6) is 0 Å². The fraction of sp³-hybridized carbons (Fsp3) is 0.333. The first kappa shape index (κ1) is 18.4. The lowest BCUT2D eigenvalue weighted by Crippen LogP contribution is -2.33. The van der Waals surface area contributed by atoms with Crippen LogP contribution in [0.15, 0.2) is 42.0 Å². The maximum Gasteiger partial charge on any atom is 0.177 e. The number of anilines is 1. The predicted octanol–water partition coefficient (Wildman–Crippen LogP) is 0.192. The van der Waals surface area contributed by atoms with Gasteiger partial charge in [0.2, 0.25) is 0 Å². The van der Waals surface area contributed by atoms with E-state index in [1.165, 1.54) is 17.2 Å². The Morgan fingerprint density at radius 2 is 1.96 bits per heavy atom. The Morgan fingerprint density at radius 1 is 1.18 bits per heavy atom. The third-order valence-electron chi connectivity index (χ3n) is 4.61. The van der Waals surface area contributed by atoms with Crippen molar-refractivity contribution >= 4 is 23.2 Å². The maximum absolute atomic E-state index is 10.2. The highest BCUT2D eigenvalue weighted by Gasteiger charge is 2.44. The first-order valence-electron chi connectivity index (χ1n) is 8.74. The molecule has 10 heteroatoms. The fourth-order valence-corrected chi connectivity index (χ4v) is 3.05. The molecule has 0 aliphatic carbocycles. The molecule has 1 aromatic carbocycles. The number of fused-ring (bicyclic) bond motifs is 1. The molecule has 1 fully saturated rings. The van der Waals surface area contributed by atoms with E-state index in [0.717, 1.165) is 11.1 Å². The Hall–Kier alpha value is -2.92. The molecule has 10 nitrogen and oxygen atoms in total. The van der Waals surface area contributed by atoms with Gasteiger partial charge in [0.05, 0.1) is 19.1 Å². The number of aryl methyl sites for hydroxylation is 1. The Labute approximate surface area is 160 Å². The molecule has 3 aromatic rings. The van der Waals surface area contributed by atoms with Crippen molar-refractivity contribution in [1.29, 1.82) is 0 Å². The van der Waals surface area contributed by atoms with Crippen molar-refractivity contribution in [3.8, 4) is 0 Å². The van der Waals surface area contributed by atoms with E-state index in [0.29, 0.717) is 17.0 Å². The number of aliphatic hydroxyl groups is 3. The van der Waals surface area contributed by atoms with Gasteiger partial charge in [-0.25, -0.2) is 15.0 Å². The molecule has 28 heavy (non-hydrogen) atoms. The van der Waals surface area contributed by atoms with Crippen molar-refractivity contribution in [3.05, 3.63) is 48.0 Å². The minimum atomic E-state index is -1.22. The number of rotatable bonds is 5. The molecule has 0 spiro atoms. The average Bonchev–Trinajstić information content (AvgIpc) is 3.25. The van der Waals surface area contributed by atoms with E-state index in [4.69, 9.17) is 4.74 Å². The summed E-state index contributed by atoms with van der Waals surface area (Å²) in [6, 6.07) is 7.89. The molecule has 2 aromatic heterocycles. The van der Waals surface area contributed by atoms with E-state index in [-0.39, 0.29) is 0 Å². The Balaban J connectivity index is 1.58. The van der Waals surface area contributed by atoms with Gasteiger partial charge in [0.1, 0.15) is 24.6 Å². The van der Waals surface area contributed by atoms with Gasteiger partial charge in [0, 0.05) is 0 Å². The second kappa shape index (κ2) is 7.60. The summed E-state index contributed by atoms with van der Waals surface area (Å²) < 4.78 is 7.03. The number of hydrogen-bond acceptors (Lipinski definition) is 9. The molecule has 4 atom stereocenters. The number of ether oxygens (including phenoxy) is 1. The molecule has 3 heterocycles. The van der Waals surface area contributed by atoms with Crippen molar-refractivity contribution in [1.82, 2.24) is 19.5 Å². The van der Waals surface area contributed by atoms with E-state index in [1.54, 1.807) is 6.21 Å². The molecule has 4 rings (SSSR count). The van der Waals surface area contributed by atoms with Gasteiger partial charge in [-0.15, -0.1) is 0 Å². The second-order valence-electron chi connectivity index (χ2n) is 6.56. The Bertz CT molecular complexity index is 989. The van der Waals surface area contributed by atoms with E-state index < -0.39 is 31.1 Å². The van der Waals surface area contributed by atoms with E-state index in [2.05, 4.69) is 25.5 Å². The van der Waals surface area contributed by atoms with Crippen molar-refractivity contribution in [2.75, 3.05) is 12.0 Å². The Kier molecular flexibility index (Phi) is 5.01. The molecular weight excluding hydrogens is 364 g/mol. The van der Waals surface area contributed by atoms with Gasteiger partial charge in [-0.2, -0.15) is 5.10 Å². The number of imidazole rings is 1. The molecule has 0 bridgehead atoms. The van der Waals surface area contributed by atoms with Gasteiger partial charge in [-0.3, -0.25) is 9.99 Å². The van der Waals surface area contributed by atoms with Crippen molar-refractivity contribution in [2.45, 2.75) is 31.5 Å². The predicted molar refractivity (Wildman–Crippen MR) is 101 cm³/mol. The molecule has 4 N–H and O–H groups in total. The first-order chi connectivity index (χ1) is 13.6. The summed E-state index contributed by atoms with van der Waals surface area (Å²) in [5.74, 6) is 0.388. The van der Waals surface area contributed by atoms with Crippen LogP contribution in [-0.2, 0) is 4.74 Å². The normalized spacial score (nSPS) is 25.0. The summed E-state index contributed by atoms with van der Waals surface area (Å²) in [5.41, 5.74) is 5.77. The molecule has 1 aliphatic rings. The van der Waals surface area contributed by atoms with Crippen molar-refractivity contribution in [2.24, 2.45) is 5.10 Å². The van der Waals surface area contributed by atoms with E-state index in [1.807, 2.05) is 31.2 Å². The summed E-state index contributed by atoms with van der Waals surface area (Å²) >= 11 is 0. The van der Waals surface area contributed by atoms with E-state index in [9.17, 15) is 15.3 Å². The Morgan fingerprint density at radius 3 is 2.68 bits per heavy atom. The lowest BCUT2D eigenvalue weighted by atomic mass is 10.1. The summed E-state index contributed by atoms with van der Waals surface area (Å²) in [6.07, 6.45) is 0.217. The van der Waals surface area contributed by atoms with Gasteiger partial charge in [0.25, 0.3) is 0 Å². The summed E-state index contributed by atoms with van der Waals surface area (Å²) in [4.78, 5) is 12.6. The third-order valence-corrected chi connectivity index (χ3v) is 4.61. The minimum absolute atomic E-state index is 0.388. The van der Waals surface area contributed by atoms with Gasteiger partial charge in [0.15, 0.2) is 23.2 Å². The molecule has 0 radical (unpaired) electrons. The largest absolute Gasteiger partial charge is 0.394 e. The summed E-state index contributed by atoms with van der Waals surface area (Å²) in [6.45, 7) is 1.61. The zero-order valence-corrected chi connectivity index (χ0v) is 15.0. The SMILES string of the molecule is Cc1ccc(/C=N/Nc2ncnc3c2ncn3[C@@H]2O[C@H](CO)[C@@H](O)[C@H]2O)cc1. The highest BCUT2D eigenvalue weighted by atomic mass is 16.6. The van der Waals surface area contributed by atoms with Gasteiger partial charge in [-0.1, -0.05) is 29.8 Å². The quantitative estimate of drug-likeness (QED) is 0.361. The minimum Gasteiger partial charge on any atom is -0.394 e. The smallest absolute Gasteiger partial charge is 0.177 e. The van der Waals surface area contributed by atoms with Gasteiger partial charge < -0.3 is 20.1 Å². The molecule has 0 amide bonds. The van der Waals surface area contributed by atoms with Crippen LogP contribution in [0.1, 0.15) is 17.4 Å². The van der Waals surface area contributed by atoms with Crippen LogP contribution in [0.25, 0.3) is 11.2 Å². The van der Waals surface area contributed by atoms with Crippen LogP contribution in [0, 0.1) is 6.92 Å². The van der Waals surface area contributed by atoms with Crippen LogP contribution >= 0.6 is 0 Å². The monoisotopic (exact) mass is 384 g/mol. The van der Waals surface area contributed by atoms with Crippen LogP contribution < -0.4 is 5.43 Å². The van der Waals surface area contributed by atoms with Crippen molar-refractivity contribution < 1.29 is 20.1 Å². The van der Waals surface area contributed by atoms with Crippen molar-refractivity contribution in [3.63, 3.8) is 0 Å². The van der Waals surface area contributed by atoms with E-state index >= 15 is 0 Å². The number of benzene rings is 1. The average molecular weight is 384 g/mol. The highest BCUT2D eigenvalue weighted by molar-refractivity contribution is 5.84. The summed E-state index contributed by atoms with van der Waals surface area (Å²) in [7, 11) is 0. The molecule has 1 aliphatic heterocycles. The van der Waals surface area contributed by atoms with Gasteiger partial charge in [-0.05, 0) is 12.5 Å². The zero-order valence-electron chi connectivity index (χ0n) is 15.0. The number of nitrogens with zero attached hydrogens (tertiary/aromatic N) is 5. The summed E-state index contributed by atoms with van der Waals surface area (Å²) in [5, 5.41) is 33.6. The van der Waals surface area contributed by atoms with Crippen LogP contribution in [-0.4, -0.2) is 66.0 Å². The molecular formula is C18H20N6O4. The second-order valence-corrected chi connectivity index (χ2v) is 6.56. The number of aromatic nitrogens is 4. The fourth-order valence-electron chi connectivity index (χ4n) is 3.05. The first-order valence-corrected chi connectivity index (χ1v) is 8.74. The van der Waals surface area contributed by atoms with Crippen LogP contribution in [0.4, 0.5) is 5.82 Å². The third kappa shape index (κ3) is 3.34. The number of hydrazone groups is 1. The number of hydrogen-bond donors (Lipinski definition) is 4. The standard InChI is InChI=1S/C18H20N6O4/c1-10-2-4-11(5-3-10)6-22-23-16-13-17(20-8-19-16)24(9-21-13)18-15(27)14(26)12(7-25)28-18/h2-6,8-9,12,14-15,18,25-27H,7H2,1H3,(H,19,20,23)/b22-6+/t12-,14-,15-,18-/m1/s1. The highest BCUT2D eigenvalue weighted by Crippen LogP contribution is 2.32. The number of aliphatic hydroxyl groups excluding tert-OH is 3. The molecule has 0 unspecified atom stereocenters. The van der Waals surface area contributed by atoms with Gasteiger partial charge >= 0.3 is 0 Å². The lowest BCUT2D eigenvalue weighted by Gasteiger charge is -2.16. The maximum atomic E-state index is 10.2. The lowest BCUT2D eigenvalue weighted by molar-refractivity contribution is -0.0511.